The Bertz CT molecular complexity index is 1280. The zero-order valence-electron chi connectivity index (χ0n) is 14.5. The molecule has 0 unspecified atom stereocenters. The standard InChI is InChI=1S/C19H16N4O4/c1-11-20-15-10-12(6-7-16(15)27-11)21-17(24)8-9-23-19(26)14-5-3-2-4-13(14)18(25)22-23/h2-7,10H,8-9H2,1H3,(H,21,24)(H,22,25). The summed E-state index contributed by atoms with van der Waals surface area (Å²) in [6, 6.07) is 11.7. The number of amides is 1. The van der Waals surface area contributed by atoms with Gasteiger partial charge in [-0.05, 0) is 30.3 Å². The number of aryl methyl sites for hydroxylation is 2. The van der Waals surface area contributed by atoms with Crippen LogP contribution in [0.3, 0.4) is 0 Å². The Balaban J connectivity index is 1.50. The molecule has 2 aromatic heterocycles. The predicted molar refractivity (Wildman–Crippen MR) is 101 cm³/mol. The second kappa shape index (κ2) is 6.56. The summed E-state index contributed by atoms with van der Waals surface area (Å²) in [5.74, 6) is 0.267. The number of aromatic amines is 1. The lowest BCUT2D eigenvalue weighted by Crippen LogP contribution is -2.31. The highest BCUT2D eigenvalue weighted by Crippen LogP contribution is 2.19. The van der Waals surface area contributed by atoms with Crippen LogP contribution in [-0.2, 0) is 11.3 Å². The average molecular weight is 364 g/mol. The van der Waals surface area contributed by atoms with Gasteiger partial charge >= 0.3 is 0 Å². The molecule has 0 radical (unpaired) electrons. The van der Waals surface area contributed by atoms with Gasteiger partial charge in [0.2, 0.25) is 5.91 Å². The van der Waals surface area contributed by atoms with E-state index in [-0.39, 0.29) is 30.0 Å². The molecule has 0 spiro atoms. The Labute approximate surface area is 152 Å². The van der Waals surface area contributed by atoms with Gasteiger partial charge in [-0.15, -0.1) is 0 Å². The van der Waals surface area contributed by atoms with Gasteiger partial charge in [0.1, 0.15) is 5.52 Å². The molecule has 0 saturated carbocycles. The molecule has 2 N–H and O–H groups in total. The topological polar surface area (TPSA) is 110 Å². The summed E-state index contributed by atoms with van der Waals surface area (Å²) in [6.07, 6.45) is 0.0318. The first kappa shape index (κ1) is 16.8. The van der Waals surface area contributed by atoms with E-state index in [0.717, 1.165) is 4.68 Å². The molecule has 0 fully saturated rings. The molecule has 0 aliphatic heterocycles. The van der Waals surface area contributed by atoms with Gasteiger partial charge in [-0.2, -0.15) is 0 Å². The number of aromatic nitrogens is 3. The number of hydrogen-bond donors (Lipinski definition) is 2. The van der Waals surface area contributed by atoms with Gasteiger partial charge in [-0.1, -0.05) is 12.1 Å². The summed E-state index contributed by atoms with van der Waals surface area (Å²) in [5.41, 5.74) is 1.18. The minimum atomic E-state index is -0.363. The largest absolute Gasteiger partial charge is 0.441 e. The van der Waals surface area contributed by atoms with Gasteiger partial charge in [0, 0.05) is 19.0 Å². The summed E-state index contributed by atoms with van der Waals surface area (Å²) in [4.78, 5) is 41.0. The van der Waals surface area contributed by atoms with Crippen molar-refractivity contribution in [1.82, 2.24) is 14.8 Å². The molecular weight excluding hydrogens is 348 g/mol. The van der Waals surface area contributed by atoms with Crippen LogP contribution in [0.15, 0.2) is 56.5 Å². The number of fused-ring (bicyclic) bond motifs is 2. The second-order valence-corrected chi connectivity index (χ2v) is 6.16. The molecule has 8 heteroatoms. The van der Waals surface area contributed by atoms with E-state index in [1.54, 1.807) is 49.4 Å². The number of anilines is 1. The lowest BCUT2D eigenvalue weighted by atomic mass is 10.2. The predicted octanol–water partition coefficient (Wildman–Crippen LogP) is 2.17. The van der Waals surface area contributed by atoms with Crippen LogP contribution in [0, 0.1) is 6.92 Å². The molecule has 8 nitrogen and oxygen atoms in total. The number of hydrogen-bond acceptors (Lipinski definition) is 5. The Kier molecular flexibility index (Phi) is 4.08. The molecule has 2 aromatic carbocycles. The third kappa shape index (κ3) is 3.24. The molecule has 0 saturated heterocycles. The van der Waals surface area contributed by atoms with Crippen molar-refractivity contribution in [1.29, 1.82) is 0 Å². The highest BCUT2D eigenvalue weighted by Gasteiger charge is 2.10. The van der Waals surface area contributed by atoms with Gasteiger partial charge in [0.15, 0.2) is 11.5 Å². The van der Waals surface area contributed by atoms with Crippen molar-refractivity contribution in [3.8, 4) is 0 Å². The monoisotopic (exact) mass is 364 g/mol. The van der Waals surface area contributed by atoms with Crippen molar-refractivity contribution >= 4 is 33.5 Å². The Morgan fingerprint density at radius 1 is 1.19 bits per heavy atom. The maximum absolute atomic E-state index is 12.4. The van der Waals surface area contributed by atoms with Crippen LogP contribution in [0.25, 0.3) is 21.9 Å². The molecule has 2 heterocycles. The third-order valence-corrected chi connectivity index (χ3v) is 4.22. The minimum Gasteiger partial charge on any atom is -0.441 e. The molecule has 0 aliphatic rings. The first-order valence-electron chi connectivity index (χ1n) is 8.40. The molecule has 136 valence electrons. The normalized spacial score (nSPS) is 11.1. The van der Waals surface area contributed by atoms with Crippen LogP contribution in [0.2, 0.25) is 0 Å². The maximum Gasteiger partial charge on any atom is 0.273 e. The highest BCUT2D eigenvalue weighted by atomic mass is 16.3. The number of oxazole rings is 1. The Morgan fingerprint density at radius 2 is 1.96 bits per heavy atom. The van der Waals surface area contributed by atoms with Crippen molar-refractivity contribution in [2.24, 2.45) is 0 Å². The number of nitrogens with one attached hydrogen (secondary N) is 2. The average Bonchev–Trinajstić information content (AvgIpc) is 3.03. The first-order chi connectivity index (χ1) is 13.0. The fraction of sp³-hybridized carbons (Fsp3) is 0.158. The van der Waals surface area contributed by atoms with Crippen LogP contribution in [-0.4, -0.2) is 20.7 Å². The van der Waals surface area contributed by atoms with E-state index in [1.165, 1.54) is 0 Å². The molecule has 27 heavy (non-hydrogen) atoms. The van der Waals surface area contributed by atoms with Gasteiger partial charge in [0.25, 0.3) is 11.1 Å². The van der Waals surface area contributed by atoms with Crippen LogP contribution in [0.4, 0.5) is 5.69 Å². The molecule has 0 atom stereocenters. The fourth-order valence-electron chi connectivity index (χ4n) is 2.96. The summed E-state index contributed by atoms with van der Waals surface area (Å²) >= 11 is 0. The number of carbonyl (C=O) groups is 1. The summed E-state index contributed by atoms with van der Waals surface area (Å²) in [5, 5.41) is 5.93. The van der Waals surface area contributed by atoms with Crippen molar-refractivity contribution in [2.45, 2.75) is 19.9 Å². The van der Waals surface area contributed by atoms with E-state index in [1.807, 2.05) is 0 Å². The number of benzene rings is 2. The quantitative estimate of drug-likeness (QED) is 0.577. The minimum absolute atomic E-state index is 0.0318. The van der Waals surface area contributed by atoms with Crippen LogP contribution in [0.1, 0.15) is 12.3 Å². The molecule has 4 rings (SSSR count). The lowest BCUT2D eigenvalue weighted by Gasteiger charge is -2.08. The van der Waals surface area contributed by atoms with Gasteiger partial charge in [-0.25, -0.2) is 9.67 Å². The Hall–Kier alpha value is -3.68. The lowest BCUT2D eigenvalue weighted by molar-refractivity contribution is -0.116. The third-order valence-electron chi connectivity index (χ3n) is 4.22. The van der Waals surface area contributed by atoms with Crippen molar-refractivity contribution < 1.29 is 9.21 Å². The molecule has 0 bridgehead atoms. The number of carbonyl (C=O) groups excluding carboxylic acids is 1. The fourth-order valence-corrected chi connectivity index (χ4v) is 2.96. The van der Waals surface area contributed by atoms with Gasteiger partial charge in [0.05, 0.1) is 17.3 Å². The zero-order chi connectivity index (χ0) is 19.0. The van der Waals surface area contributed by atoms with E-state index in [9.17, 15) is 14.4 Å². The number of H-pyrrole nitrogens is 1. The van der Waals surface area contributed by atoms with E-state index in [2.05, 4.69) is 15.4 Å². The van der Waals surface area contributed by atoms with Crippen LogP contribution >= 0.6 is 0 Å². The smallest absolute Gasteiger partial charge is 0.273 e. The number of nitrogens with zero attached hydrogens (tertiary/aromatic N) is 2. The van der Waals surface area contributed by atoms with Crippen molar-refractivity contribution in [3.63, 3.8) is 0 Å². The van der Waals surface area contributed by atoms with Crippen LogP contribution < -0.4 is 16.4 Å². The molecule has 0 aliphatic carbocycles. The molecule has 4 aromatic rings. The highest BCUT2D eigenvalue weighted by molar-refractivity contribution is 5.92. The number of rotatable bonds is 4. The molecule has 1 amide bonds. The van der Waals surface area contributed by atoms with Gasteiger partial charge in [-0.3, -0.25) is 19.5 Å². The summed E-state index contributed by atoms with van der Waals surface area (Å²) in [7, 11) is 0. The van der Waals surface area contributed by atoms with Crippen LogP contribution in [0.5, 0.6) is 0 Å². The van der Waals surface area contributed by atoms with Crippen molar-refractivity contribution in [2.75, 3.05) is 5.32 Å². The van der Waals surface area contributed by atoms with Gasteiger partial charge < -0.3 is 9.73 Å². The maximum atomic E-state index is 12.4. The summed E-state index contributed by atoms with van der Waals surface area (Å²) < 4.78 is 6.56. The SMILES string of the molecule is Cc1nc2cc(NC(=O)CCn3[nH]c(=O)c4ccccc4c3=O)ccc2o1. The Morgan fingerprint density at radius 3 is 2.78 bits per heavy atom. The first-order valence-corrected chi connectivity index (χ1v) is 8.40. The molecular formula is C19H16N4O4. The second-order valence-electron chi connectivity index (χ2n) is 6.16. The van der Waals surface area contributed by atoms with Crippen molar-refractivity contribution in [3.05, 3.63) is 69.1 Å². The zero-order valence-corrected chi connectivity index (χ0v) is 14.5. The van der Waals surface area contributed by atoms with E-state index in [0.29, 0.717) is 33.5 Å². The summed E-state index contributed by atoms with van der Waals surface area (Å²) in [6.45, 7) is 1.82. The van der Waals surface area contributed by atoms with E-state index in [4.69, 9.17) is 4.42 Å². The van der Waals surface area contributed by atoms with E-state index >= 15 is 0 Å². The van der Waals surface area contributed by atoms with E-state index < -0.39 is 0 Å².